The number of nitrogens with zero attached hydrogens (tertiary/aromatic N) is 1. The van der Waals surface area contributed by atoms with Gasteiger partial charge in [0, 0.05) is 37.7 Å². The second kappa shape index (κ2) is 18.0. The Labute approximate surface area is 312 Å². The summed E-state index contributed by atoms with van der Waals surface area (Å²) in [6.07, 6.45) is 12.4. The molecule has 15 nitrogen and oxygen atoms in total. The smallest absolute Gasteiger partial charge is 0.353 e. The van der Waals surface area contributed by atoms with E-state index in [0.717, 1.165) is 75.3 Å². The molecule has 1 fully saturated rings. The van der Waals surface area contributed by atoms with E-state index in [1.54, 1.807) is 19.4 Å². The Morgan fingerprint density at radius 1 is 1.06 bits per heavy atom. The summed E-state index contributed by atoms with van der Waals surface area (Å²) < 4.78 is 6.27. The molecule has 0 saturated heterocycles. The first kappa shape index (κ1) is 40.4. The Kier molecular flexibility index (Phi) is 13.7. The number of esters is 1. The minimum Gasteiger partial charge on any atom is -0.478 e. The summed E-state index contributed by atoms with van der Waals surface area (Å²) >= 11 is 1.37. The van der Waals surface area contributed by atoms with Crippen molar-refractivity contribution in [3.05, 3.63) is 53.1 Å². The first-order chi connectivity index (χ1) is 25.4. The quantitative estimate of drug-likeness (QED) is 0.0684. The zero-order valence-electron chi connectivity index (χ0n) is 30.0. The van der Waals surface area contributed by atoms with Crippen LogP contribution in [0.5, 0.6) is 0 Å². The van der Waals surface area contributed by atoms with Crippen molar-refractivity contribution in [2.75, 3.05) is 19.5 Å². The SMILES string of the molecule is CNCN[C@@](O)(CCC(=O)N[C@@H](CS[C@@H]1C2=C3[C@@H](CCCCCC14CCCC4)CC(Cc1ccncc1)=C[C@H]3C(=O)O2)C(=O)N[C@@H](O)C(=O)O)C(=O)O. The molecule has 1 aromatic rings. The molecular weight excluding hydrogens is 706 g/mol. The average molecular weight is 758 g/mol. The molecule has 0 aromatic carbocycles. The van der Waals surface area contributed by atoms with Crippen LogP contribution in [0.25, 0.3) is 0 Å². The number of carbonyl (C=O) groups excluding carboxylic acids is 3. The molecule has 1 aromatic heterocycles. The molecular formula is C37H51N5O10S. The Bertz CT molecular complexity index is 1580. The standard InChI is InChI=1S/C37H51N5O10S/c1-38-21-40-37(51,35(49)50)14-8-27(43)41-26(31(44)42-32(45)33(46)47)20-53-30-29-28-24(7-3-2-4-11-36(30)12-5-6-13-36)18-23(19-25(28)34(48)52-29)17-22-9-15-39-16-10-22/h9-10,15-16,19,24-26,30,32,38,40,45,51H,2-8,11-14,17-18,20-21H2,1H3,(H,41,43)(H,42,44)(H,46,47)(H,49,50)/t24-,25+,26-,30+,32-,37+/m0/s1. The van der Waals surface area contributed by atoms with Crippen molar-refractivity contribution in [3.63, 3.8) is 0 Å². The Hall–Kier alpha value is -3.83. The third-order valence-electron chi connectivity index (χ3n) is 11.0. The molecule has 4 aliphatic rings. The molecule has 290 valence electrons. The number of aliphatic hydroxyl groups is 2. The second-order valence-corrected chi connectivity index (χ2v) is 15.7. The van der Waals surface area contributed by atoms with Crippen LogP contribution in [0.15, 0.2) is 47.5 Å². The summed E-state index contributed by atoms with van der Waals surface area (Å²) in [6.45, 7) is -0.0612. The zero-order valence-corrected chi connectivity index (χ0v) is 30.8. The lowest BCUT2D eigenvalue weighted by Gasteiger charge is -2.40. The summed E-state index contributed by atoms with van der Waals surface area (Å²) in [6, 6.07) is 2.59. The summed E-state index contributed by atoms with van der Waals surface area (Å²) in [5.41, 5.74) is 0.611. The van der Waals surface area contributed by atoms with Gasteiger partial charge in [0.15, 0.2) is 0 Å². The number of hydrogen-bond acceptors (Lipinski definition) is 12. The fraction of sp³-hybridized carbons (Fsp3) is 0.622. The van der Waals surface area contributed by atoms with Gasteiger partial charge in [-0.25, -0.2) is 9.59 Å². The van der Waals surface area contributed by atoms with Gasteiger partial charge in [-0.05, 0) is 80.2 Å². The maximum atomic E-state index is 13.7. The zero-order chi connectivity index (χ0) is 38.2. The lowest BCUT2D eigenvalue weighted by Crippen LogP contribution is -2.56. The number of aliphatic carboxylic acids is 2. The van der Waals surface area contributed by atoms with Crippen molar-refractivity contribution in [2.24, 2.45) is 17.3 Å². The molecule has 16 heteroatoms. The van der Waals surface area contributed by atoms with E-state index in [4.69, 9.17) is 4.74 Å². The largest absolute Gasteiger partial charge is 0.478 e. The van der Waals surface area contributed by atoms with Gasteiger partial charge >= 0.3 is 17.9 Å². The van der Waals surface area contributed by atoms with Crippen molar-refractivity contribution in [2.45, 2.75) is 107 Å². The van der Waals surface area contributed by atoms with Gasteiger partial charge in [0.25, 0.3) is 0 Å². The van der Waals surface area contributed by atoms with Crippen LogP contribution in [-0.4, -0.2) is 97.8 Å². The summed E-state index contributed by atoms with van der Waals surface area (Å²) in [7, 11) is 1.54. The molecule has 3 aliphatic carbocycles. The fourth-order valence-corrected chi connectivity index (χ4v) is 9.91. The molecule has 0 unspecified atom stereocenters. The number of aromatic nitrogens is 1. The number of aliphatic hydroxyl groups excluding tert-OH is 1. The van der Waals surface area contributed by atoms with E-state index in [0.29, 0.717) is 12.2 Å². The minimum atomic E-state index is -2.43. The maximum absolute atomic E-state index is 13.7. The number of ether oxygens (including phenoxy) is 1. The monoisotopic (exact) mass is 757 g/mol. The number of amides is 2. The van der Waals surface area contributed by atoms with Crippen LogP contribution in [0.1, 0.15) is 82.6 Å². The van der Waals surface area contributed by atoms with Crippen molar-refractivity contribution in [1.29, 1.82) is 0 Å². The normalized spacial score (nSPS) is 24.6. The number of carboxylic acid groups (broad SMARTS) is 2. The minimum absolute atomic E-state index is 0.0612. The number of allylic oxidation sites excluding steroid dienone is 1. The fourth-order valence-electron chi connectivity index (χ4n) is 8.25. The Morgan fingerprint density at radius 3 is 2.42 bits per heavy atom. The van der Waals surface area contributed by atoms with E-state index >= 15 is 0 Å². The van der Waals surface area contributed by atoms with Gasteiger partial charge in [0.1, 0.15) is 17.7 Å². The number of rotatable bonds is 16. The van der Waals surface area contributed by atoms with Crippen molar-refractivity contribution in [1.82, 2.24) is 26.3 Å². The van der Waals surface area contributed by atoms with Gasteiger partial charge < -0.3 is 41.1 Å². The van der Waals surface area contributed by atoms with Gasteiger partial charge in [0.05, 0.1) is 5.25 Å². The Morgan fingerprint density at radius 2 is 1.75 bits per heavy atom. The van der Waals surface area contributed by atoms with E-state index in [9.17, 15) is 44.4 Å². The first-order valence-electron chi connectivity index (χ1n) is 18.4. The molecule has 1 saturated carbocycles. The molecule has 0 radical (unpaired) electrons. The number of carbonyl (C=O) groups is 5. The van der Waals surface area contributed by atoms with Crippen molar-refractivity contribution < 1.29 is 49.1 Å². The van der Waals surface area contributed by atoms with Gasteiger partial charge in [-0.2, -0.15) is 0 Å². The van der Waals surface area contributed by atoms with Crippen LogP contribution in [-0.2, 0) is 35.1 Å². The number of pyridine rings is 1. The second-order valence-electron chi connectivity index (χ2n) is 14.6. The molecule has 6 atom stereocenters. The van der Waals surface area contributed by atoms with Crippen molar-refractivity contribution in [3.8, 4) is 0 Å². The summed E-state index contributed by atoms with van der Waals surface area (Å²) in [5.74, 6) is -5.18. The van der Waals surface area contributed by atoms with Crippen molar-refractivity contribution >= 4 is 41.5 Å². The molecule has 2 heterocycles. The number of thioether (sulfide) groups is 1. The molecule has 1 spiro atoms. The summed E-state index contributed by atoms with van der Waals surface area (Å²) in [5, 5.41) is 48.7. The average Bonchev–Trinajstić information content (AvgIpc) is 3.74. The van der Waals surface area contributed by atoms with Crippen LogP contribution in [0.2, 0.25) is 0 Å². The predicted molar refractivity (Wildman–Crippen MR) is 194 cm³/mol. The van der Waals surface area contributed by atoms with Crippen LogP contribution in [0, 0.1) is 17.3 Å². The van der Waals surface area contributed by atoms with Crippen LogP contribution < -0.4 is 21.3 Å². The lowest BCUT2D eigenvalue weighted by atomic mass is 9.70. The molecule has 8 N–H and O–H groups in total. The number of nitrogens with one attached hydrogen (secondary N) is 4. The van der Waals surface area contributed by atoms with Crippen LogP contribution in [0.4, 0.5) is 0 Å². The molecule has 5 rings (SSSR count). The van der Waals surface area contributed by atoms with Crippen LogP contribution >= 0.6 is 11.8 Å². The highest BCUT2D eigenvalue weighted by Crippen LogP contribution is 2.56. The first-order valence-corrected chi connectivity index (χ1v) is 19.4. The third kappa shape index (κ3) is 9.84. The maximum Gasteiger partial charge on any atom is 0.353 e. The van der Waals surface area contributed by atoms with Gasteiger partial charge in [-0.3, -0.25) is 24.7 Å². The van der Waals surface area contributed by atoms with Gasteiger partial charge in [-0.15, -0.1) is 11.8 Å². The van der Waals surface area contributed by atoms with Gasteiger partial charge in [0.2, 0.25) is 23.8 Å². The predicted octanol–water partition coefficient (Wildman–Crippen LogP) is 1.95. The molecule has 53 heavy (non-hydrogen) atoms. The topological polar surface area (TPSA) is 237 Å². The van der Waals surface area contributed by atoms with E-state index in [-0.39, 0.29) is 35.0 Å². The lowest BCUT2D eigenvalue weighted by molar-refractivity contribution is -0.164. The highest BCUT2D eigenvalue weighted by molar-refractivity contribution is 8.00. The van der Waals surface area contributed by atoms with E-state index in [1.807, 2.05) is 23.5 Å². The summed E-state index contributed by atoms with van der Waals surface area (Å²) in [4.78, 5) is 67.7. The molecule has 0 bridgehead atoms. The molecule has 2 amide bonds. The molecule has 1 aliphatic heterocycles. The van der Waals surface area contributed by atoms with E-state index in [1.165, 1.54) is 17.3 Å². The van der Waals surface area contributed by atoms with E-state index in [2.05, 4.69) is 20.9 Å². The third-order valence-corrected chi connectivity index (χ3v) is 12.5. The highest BCUT2D eigenvalue weighted by Gasteiger charge is 2.51. The van der Waals surface area contributed by atoms with Gasteiger partial charge in [-0.1, -0.05) is 43.8 Å². The number of carboxylic acids is 2. The number of hydrogen-bond donors (Lipinski definition) is 8. The Balaban J connectivity index is 1.44. The van der Waals surface area contributed by atoms with Crippen LogP contribution in [0.3, 0.4) is 0 Å². The highest BCUT2D eigenvalue weighted by atomic mass is 32.2. The van der Waals surface area contributed by atoms with E-state index < -0.39 is 60.5 Å².